The van der Waals surface area contributed by atoms with Gasteiger partial charge in [0.2, 0.25) is 10.0 Å². The average Bonchev–Trinajstić information content (AvgIpc) is 3.38. The zero-order valence-corrected chi connectivity index (χ0v) is 16.5. The van der Waals surface area contributed by atoms with E-state index in [2.05, 4.69) is 10.2 Å². The standard InChI is InChI=1S/C19H23N5O3S/c1-2-24-18(20-21-19(24)25)15-9-13-23(14-10-15)28(26,27)17-7-5-16(6-8-17)22-11-3-4-12-22/h3-8,11-12,15H,2,9-10,13-14H2,1H3,(H,21,25). The van der Waals surface area contributed by atoms with E-state index in [0.29, 0.717) is 37.4 Å². The molecule has 1 aliphatic heterocycles. The number of rotatable bonds is 5. The number of hydrogen-bond acceptors (Lipinski definition) is 4. The van der Waals surface area contributed by atoms with Crippen molar-refractivity contribution in [2.45, 2.75) is 37.1 Å². The monoisotopic (exact) mass is 401 g/mol. The van der Waals surface area contributed by atoms with Crippen LogP contribution >= 0.6 is 0 Å². The largest absolute Gasteiger partial charge is 0.343 e. The molecule has 28 heavy (non-hydrogen) atoms. The molecule has 9 heteroatoms. The lowest BCUT2D eigenvalue weighted by atomic mass is 9.97. The van der Waals surface area contributed by atoms with Crippen LogP contribution in [0, 0.1) is 0 Å². The van der Waals surface area contributed by atoms with Gasteiger partial charge in [0.25, 0.3) is 0 Å². The summed E-state index contributed by atoms with van der Waals surface area (Å²) in [5.74, 6) is 0.807. The smallest absolute Gasteiger partial charge is 0.324 e. The lowest BCUT2D eigenvalue weighted by molar-refractivity contribution is 0.309. The molecule has 1 saturated heterocycles. The Morgan fingerprint density at radius 2 is 1.75 bits per heavy atom. The molecule has 4 rings (SSSR count). The summed E-state index contributed by atoms with van der Waals surface area (Å²) in [4.78, 5) is 12.1. The van der Waals surface area contributed by atoms with Gasteiger partial charge in [-0.15, -0.1) is 0 Å². The minimum atomic E-state index is -3.54. The third-order valence-corrected chi connectivity index (χ3v) is 7.21. The average molecular weight is 401 g/mol. The summed E-state index contributed by atoms with van der Waals surface area (Å²) in [6.45, 7) is 3.28. The van der Waals surface area contributed by atoms with Gasteiger partial charge in [0.1, 0.15) is 5.82 Å². The molecule has 1 N–H and O–H groups in total. The number of aromatic amines is 1. The van der Waals surface area contributed by atoms with Gasteiger partial charge in [-0.2, -0.15) is 9.40 Å². The summed E-state index contributed by atoms with van der Waals surface area (Å²) >= 11 is 0. The maximum Gasteiger partial charge on any atom is 0.343 e. The number of H-pyrrole nitrogens is 1. The lowest BCUT2D eigenvalue weighted by Gasteiger charge is -2.30. The highest BCUT2D eigenvalue weighted by atomic mass is 32.2. The van der Waals surface area contributed by atoms with E-state index in [9.17, 15) is 13.2 Å². The first-order valence-electron chi connectivity index (χ1n) is 9.39. The van der Waals surface area contributed by atoms with Crippen LogP contribution in [0.4, 0.5) is 0 Å². The maximum atomic E-state index is 13.0. The molecule has 3 heterocycles. The van der Waals surface area contributed by atoms with Gasteiger partial charge in [0.05, 0.1) is 4.90 Å². The molecule has 2 aromatic heterocycles. The van der Waals surface area contributed by atoms with E-state index >= 15 is 0 Å². The summed E-state index contributed by atoms with van der Waals surface area (Å²) in [6, 6.07) is 10.8. The zero-order chi connectivity index (χ0) is 19.7. The summed E-state index contributed by atoms with van der Waals surface area (Å²) in [6.07, 6.45) is 5.12. The normalized spacial score (nSPS) is 16.5. The quantitative estimate of drug-likeness (QED) is 0.707. The van der Waals surface area contributed by atoms with Crippen molar-refractivity contribution >= 4 is 10.0 Å². The fourth-order valence-electron chi connectivity index (χ4n) is 3.75. The number of aromatic nitrogens is 4. The lowest BCUT2D eigenvalue weighted by Crippen LogP contribution is -2.38. The molecule has 1 fully saturated rings. The minimum absolute atomic E-state index is 0.0847. The highest BCUT2D eigenvalue weighted by Crippen LogP contribution is 2.29. The number of benzene rings is 1. The van der Waals surface area contributed by atoms with Crippen molar-refractivity contribution in [2.24, 2.45) is 0 Å². The van der Waals surface area contributed by atoms with E-state index in [-0.39, 0.29) is 11.6 Å². The molecule has 0 radical (unpaired) electrons. The van der Waals surface area contributed by atoms with E-state index in [1.165, 1.54) is 4.31 Å². The van der Waals surface area contributed by atoms with Crippen LogP contribution in [0.25, 0.3) is 5.69 Å². The van der Waals surface area contributed by atoms with Crippen LogP contribution in [0.5, 0.6) is 0 Å². The van der Waals surface area contributed by atoms with E-state index < -0.39 is 10.0 Å². The van der Waals surface area contributed by atoms with Crippen LogP contribution in [-0.2, 0) is 16.6 Å². The van der Waals surface area contributed by atoms with Crippen molar-refractivity contribution in [3.63, 3.8) is 0 Å². The van der Waals surface area contributed by atoms with Gasteiger partial charge >= 0.3 is 5.69 Å². The first-order valence-corrected chi connectivity index (χ1v) is 10.8. The molecular weight excluding hydrogens is 378 g/mol. The van der Waals surface area contributed by atoms with Gasteiger partial charge in [0.15, 0.2) is 0 Å². The highest BCUT2D eigenvalue weighted by Gasteiger charge is 2.31. The second-order valence-electron chi connectivity index (χ2n) is 6.89. The number of hydrogen-bond donors (Lipinski definition) is 1. The van der Waals surface area contributed by atoms with Crippen molar-refractivity contribution < 1.29 is 8.42 Å². The molecule has 3 aromatic rings. The Morgan fingerprint density at radius 1 is 1.11 bits per heavy atom. The second kappa shape index (κ2) is 7.40. The predicted octanol–water partition coefficient (Wildman–Crippen LogP) is 1.95. The zero-order valence-electron chi connectivity index (χ0n) is 15.7. The van der Waals surface area contributed by atoms with Crippen LogP contribution in [0.1, 0.15) is 31.5 Å². The van der Waals surface area contributed by atoms with Crippen molar-refractivity contribution in [1.82, 2.24) is 23.6 Å². The van der Waals surface area contributed by atoms with Gasteiger partial charge < -0.3 is 4.57 Å². The molecule has 0 saturated carbocycles. The van der Waals surface area contributed by atoms with Crippen LogP contribution in [0.3, 0.4) is 0 Å². The Morgan fingerprint density at radius 3 is 2.36 bits per heavy atom. The Bertz CT molecular complexity index is 1090. The molecule has 0 atom stereocenters. The van der Waals surface area contributed by atoms with Gasteiger partial charge in [-0.1, -0.05) is 0 Å². The Balaban J connectivity index is 1.48. The topological polar surface area (TPSA) is 93.0 Å². The number of nitrogens with zero attached hydrogens (tertiary/aromatic N) is 4. The molecule has 1 aromatic carbocycles. The first kappa shape index (κ1) is 18.7. The Kier molecular flexibility index (Phi) is 4.94. The molecule has 0 amide bonds. The van der Waals surface area contributed by atoms with Crippen LogP contribution in [-0.4, -0.2) is 45.1 Å². The number of sulfonamides is 1. The summed E-state index contributed by atoms with van der Waals surface area (Å²) in [5.41, 5.74) is 0.703. The number of nitrogens with one attached hydrogen (secondary N) is 1. The minimum Gasteiger partial charge on any atom is -0.324 e. The van der Waals surface area contributed by atoms with Crippen LogP contribution in [0.15, 0.2) is 58.5 Å². The third kappa shape index (κ3) is 3.31. The van der Waals surface area contributed by atoms with Crippen molar-refractivity contribution in [3.05, 3.63) is 65.1 Å². The summed E-state index contributed by atoms with van der Waals surface area (Å²) < 4.78 is 31.1. The van der Waals surface area contributed by atoms with Gasteiger partial charge in [-0.3, -0.25) is 4.57 Å². The predicted molar refractivity (Wildman–Crippen MR) is 105 cm³/mol. The molecule has 0 spiro atoms. The van der Waals surface area contributed by atoms with Crippen molar-refractivity contribution in [3.8, 4) is 5.69 Å². The second-order valence-corrected chi connectivity index (χ2v) is 8.83. The van der Waals surface area contributed by atoms with Crippen LogP contribution < -0.4 is 5.69 Å². The van der Waals surface area contributed by atoms with E-state index in [0.717, 1.165) is 11.5 Å². The SMILES string of the molecule is CCn1c(C2CCN(S(=O)(=O)c3ccc(-n4cccc4)cc3)CC2)n[nH]c1=O. The van der Waals surface area contributed by atoms with E-state index in [4.69, 9.17) is 0 Å². The molecule has 0 bridgehead atoms. The molecule has 148 valence electrons. The van der Waals surface area contributed by atoms with Crippen LogP contribution in [0.2, 0.25) is 0 Å². The molecule has 0 unspecified atom stereocenters. The van der Waals surface area contributed by atoms with Crippen molar-refractivity contribution in [2.75, 3.05) is 13.1 Å². The van der Waals surface area contributed by atoms with Crippen molar-refractivity contribution in [1.29, 1.82) is 0 Å². The van der Waals surface area contributed by atoms with E-state index in [1.54, 1.807) is 16.7 Å². The summed E-state index contributed by atoms with van der Waals surface area (Å²) in [5, 5.41) is 6.64. The van der Waals surface area contributed by atoms with Gasteiger partial charge in [-0.25, -0.2) is 18.3 Å². The Hall–Kier alpha value is -2.65. The number of piperidine rings is 1. The molecule has 0 aliphatic carbocycles. The van der Waals surface area contributed by atoms with Gasteiger partial charge in [-0.05, 0) is 56.2 Å². The van der Waals surface area contributed by atoms with E-state index in [1.807, 2.05) is 48.1 Å². The molecular formula is C19H23N5O3S. The van der Waals surface area contributed by atoms with Gasteiger partial charge in [0, 0.05) is 43.6 Å². The summed E-state index contributed by atoms with van der Waals surface area (Å²) in [7, 11) is -3.54. The maximum absolute atomic E-state index is 13.0. The highest BCUT2D eigenvalue weighted by molar-refractivity contribution is 7.89. The fraction of sp³-hybridized carbons (Fsp3) is 0.368. The fourth-order valence-corrected chi connectivity index (χ4v) is 5.22. The Labute approximate surface area is 163 Å². The molecule has 8 nitrogen and oxygen atoms in total. The third-order valence-electron chi connectivity index (χ3n) is 5.30. The molecule has 1 aliphatic rings. The first-order chi connectivity index (χ1) is 13.5.